The van der Waals surface area contributed by atoms with Crippen LogP contribution >= 0.6 is 11.3 Å². The summed E-state index contributed by atoms with van der Waals surface area (Å²) in [5, 5.41) is 7.80. The first-order valence-corrected chi connectivity index (χ1v) is 8.51. The Hall–Kier alpha value is -2.08. The van der Waals surface area contributed by atoms with Gasteiger partial charge in [-0.05, 0) is 31.0 Å². The van der Waals surface area contributed by atoms with Crippen molar-refractivity contribution in [2.24, 2.45) is 4.99 Å². The third kappa shape index (κ3) is 5.90. The molecule has 6 heteroatoms. The zero-order valence-electron chi connectivity index (χ0n) is 13.9. The molecule has 5 nitrogen and oxygen atoms in total. The molecular weight excluding hydrogens is 308 g/mol. The number of methoxy groups -OCH3 is 1. The molecule has 0 atom stereocenters. The van der Waals surface area contributed by atoms with Crippen molar-refractivity contribution < 1.29 is 4.74 Å². The fourth-order valence-corrected chi connectivity index (χ4v) is 2.97. The summed E-state index contributed by atoms with van der Waals surface area (Å²) in [6.07, 6.45) is 3.75. The van der Waals surface area contributed by atoms with Crippen LogP contribution in [-0.4, -0.2) is 38.2 Å². The fourth-order valence-electron chi connectivity index (χ4n) is 2.18. The number of aryl methyl sites for hydroxylation is 1. The normalized spacial score (nSPS) is 11.3. The second kappa shape index (κ2) is 9.15. The van der Waals surface area contributed by atoms with Crippen molar-refractivity contribution >= 4 is 17.3 Å². The lowest BCUT2D eigenvalue weighted by atomic mass is 10.1. The number of nitrogens with one attached hydrogen (secondary N) is 2. The molecule has 0 bridgehead atoms. The van der Waals surface area contributed by atoms with Gasteiger partial charge in [0.1, 0.15) is 5.75 Å². The number of guanidine groups is 1. The maximum Gasteiger partial charge on any atom is 0.191 e. The molecule has 124 valence electrons. The van der Waals surface area contributed by atoms with Gasteiger partial charge in [-0.25, -0.2) is 4.98 Å². The molecule has 0 radical (unpaired) electrons. The average molecular weight is 332 g/mol. The molecule has 2 aromatic rings. The van der Waals surface area contributed by atoms with E-state index >= 15 is 0 Å². The third-order valence-corrected chi connectivity index (χ3v) is 4.34. The lowest BCUT2D eigenvalue weighted by Gasteiger charge is -2.11. The minimum Gasteiger partial charge on any atom is -0.497 e. The Morgan fingerprint density at radius 2 is 2.04 bits per heavy atom. The molecular formula is C17H24N4OS. The number of thiazole rings is 1. The summed E-state index contributed by atoms with van der Waals surface area (Å²) < 4.78 is 5.24. The predicted octanol–water partition coefficient (Wildman–Crippen LogP) is 2.41. The summed E-state index contributed by atoms with van der Waals surface area (Å²) >= 11 is 1.74. The Morgan fingerprint density at radius 1 is 1.26 bits per heavy atom. The van der Waals surface area contributed by atoms with Crippen LogP contribution in [-0.2, 0) is 12.8 Å². The van der Waals surface area contributed by atoms with Crippen molar-refractivity contribution in [2.45, 2.75) is 19.8 Å². The number of benzene rings is 1. The minimum atomic E-state index is 0.821. The summed E-state index contributed by atoms with van der Waals surface area (Å²) in [4.78, 5) is 9.86. The molecule has 0 fully saturated rings. The maximum atomic E-state index is 5.24. The van der Waals surface area contributed by atoms with Gasteiger partial charge in [0, 0.05) is 37.6 Å². The minimum absolute atomic E-state index is 0.821. The first kappa shape index (κ1) is 17.3. The van der Waals surface area contributed by atoms with E-state index in [-0.39, 0.29) is 0 Å². The van der Waals surface area contributed by atoms with E-state index in [0.29, 0.717) is 0 Å². The van der Waals surface area contributed by atoms with Crippen LogP contribution in [0.4, 0.5) is 0 Å². The monoisotopic (exact) mass is 332 g/mol. The van der Waals surface area contributed by atoms with Crippen LogP contribution < -0.4 is 15.4 Å². The highest BCUT2D eigenvalue weighted by Crippen LogP contribution is 2.12. The number of rotatable bonds is 7. The van der Waals surface area contributed by atoms with E-state index in [1.54, 1.807) is 25.5 Å². The summed E-state index contributed by atoms with van der Waals surface area (Å²) in [5.41, 5.74) is 1.24. The average Bonchev–Trinajstić information content (AvgIpc) is 2.99. The van der Waals surface area contributed by atoms with Gasteiger partial charge in [0.25, 0.3) is 0 Å². The molecule has 0 unspecified atom stereocenters. The van der Waals surface area contributed by atoms with Crippen molar-refractivity contribution in [1.82, 2.24) is 15.6 Å². The predicted molar refractivity (Wildman–Crippen MR) is 96.6 cm³/mol. The fraction of sp³-hybridized carbons (Fsp3) is 0.412. The Balaban J connectivity index is 1.70. The van der Waals surface area contributed by atoms with Crippen LogP contribution in [0.5, 0.6) is 5.75 Å². The van der Waals surface area contributed by atoms with Crippen LogP contribution in [0.1, 0.15) is 15.4 Å². The first-order chi connectivity index (χ1) is 11.2. The Bertz CT molecular complexity index is 639. The molecule has 1 aromatic heterocycles. The van der Waals surface area contributed by atoms with Crippen LogP contribution in [0.3, 0.4) is 0 Å². The summed E-state index contributed by atoms with van der Waals surface area (Å²) in [7, 11) is 3.47. The Labute approximate surface area is 141 Å². The lowest BCUT2D eigenvalue weighted by molar-refractivity contribution is 0.414. The van der Waals surface area contributed by atoms with Gasteiger partial charge in [0.05, 0.1) is 12.1 Å². The molecule has 2 rings (SSSR count). The zero-order chi connectivity index (χ0) is 16.5. The van der Waals surface area contributed by atoms with E-state index in [1.165, 1.54) is 10.4 Å². The third-order valence-electron chi connectivity index (χ3n) is 3.36. The number of hydrogen-bond donors (Lipinski definition) is 2. The molecule has 0 amide bonds. The highest BCUT2D eigenvalue weighted by atomic mass is 32.1. The summed E-state index contributed by atoms with van der Waals surface area (Å²) in [5.74, 6) is 1.71. The van der Waals surface area contributed by atoms with Gasteiger partial charge in [-0.1, -0.05) is 12.1 Å². The molecule has 0 aliphatic heterocycles. The molecule has 0 aliphatic carbocycles. The molecule has 0 saturated carbocycles. The van der Waals surface area contributed by atoms with Crippen molar-refractivity contribution in [2.75, 3.05) is 27.2 Å². The topological polar surface area (TPSA) is 58.5 Å². The molecule has 0 aliphatic rings. The standard InChI is InChI=1S/C17H24N4OS/c1-13-12-21-16(23-13)8-10-20-17(18-2)19-9-7-14-5-4-6-15(11-14)22-3/h4-6,11-12H,7-10H2,1-3H3,(H2,18,19,20). The summed E-state index contributed by atoms with van der Waals surface area (Å²) in [6.45, 7) is 3.72. The molecule has 1 heterocycles. The van der Waals surface area contributed by atoms with E-state index < -0.39 is 0 Å². The number of hydrogen-bond acceptors (Lipinski definition) is 4. The molecule has 0 spiro atoms. The first-order valence-electron chi connectivity index (χ1n) is 7.70. The molecule has 0 saturated heterocycles. The highest BCUT2D eigenvalue weighted by molar-refractivity contribution is 7.11. The SMILES string of the molecule is CN=C(NCCc1cccc(OC)c1)NCCc1ncc(C)s1. The quantitative estimate of drug-likeness (QED) is 0.604. The van der Waals surface area contributed by atoms with Crippen molar-refractivity contribution in [1.29, 1.82) is 0 Å². The van der Waals surface area contributed by atoms with Gasteiger partial charge in [-0.3, -0.25) is 4.99 Å². The largest absolute Gasteiger partial charge is 0.497 e. The second-order valence-electron chi connectivity index (χ2n) is 5.14. The number of nitrogens with zero attached hydrogens (tertiary/aromatic N) is 2. The van der Waals surface area contributed by atoms with Gasteiger partial charge >= 0.3 is 0 Å². The summed E-state index contributed by atoms with van der Waals surface area (Å²) in [6, 6.07) is 8.13. The van der Waals surface area contributed by atoms with Gasteiger partial charge in [-0.2, -0.15) is 0 Å². The van der Waals surface area contributed by atoms with Crippen molar-refractivity contribution in [3.63, 3.8) is 0 Å². The van der Waals surface area contributed by atoms with Crippen LogP contribution in [0.25, 0.3) is 0 Å². The van der Waals surface area contributed by atoms with Crippen LogP contribution in [0.2, 0.25) is 0 Å². The van der Waals surface area contributed by atoms with E-state index in [2.05, 4.69) is 39.7 Å². The zero-order valence-corrected chi connectivity index (χ0v) is 14.7. The lowest BCUT2D eigenvalue weighted by Crippen LogP contribution is -2.39. The smallest absolute Gasteiger partial charge is 0.191 e. The second-order valence-corrected chi connectivity index (χ2v) is 6.46. The van der Waals surface area contributed by atoms with Crippen molar-refractivity contribution in [3.8, 4) is 5.75 Å². The van der Waals surface area contributed by atoms with Gasteiger partial charge in [0.15, 0.2) is 5.96 Å². The Kier molecular flexibility index (Phi) is 6.87. The van der Waals surface area contributed by atoms with E-state index in [9.17, 15) is 0 Å². The van der Waals surface area contributed by atoms with Gasteiger partial charge in [-0.15, -0.1) is 11.3 Å². The highest BCUT2D eigenvalue weighted by Gasteiger charge is 2.01. The number of ether oxygens (including phenoxy) is 1. The van der Waals surface area contributed by atoms with E-state index in [1.807, 2.05) is 18.3 Å². The van der Waals surface area contributed by atoms with E-state index in [4.69, 9.17) is 4.74 Å². The van der Waals surface area contributed by atoms with Gasteiger partial charge < -0.3 is 15.4 Å². The Morgan fingerprint density at radius 3 is 2.70 bits per heavy atom. The van der Waals surface area contributed by atoms with E-state index in [0.717, 1.165) is 42.6 Å². The molecule has 1 aromatic carbocycles. The number of aliphatic imine (C=N–C) groups is 1. The number of aromatic nitrogens is 1. The van der Waals surface area contributed by atoms with Crippen LogP contribution in [0.15, 0.2) is 35.5 Å². The van der Waals surface area contributed by atoms with Crippen LogP contribution in [0, 0.1) is 6.92 Å². The molecule has 23 heavy (non-hydrogen) atoms. The van der Waals surface area contributed by atoms with Crippen molar-refractivity contribution in [3.05, 3.63) is 45.9 Å². The van der Waals surface area contributed by atoms with Gasteiger partial charge in [0.2, 0.25) is 0 Å². The maximum absolute atomic E-state index is 5.24. The molecule has 2 N–H and O–H groups in total.